The van der Waals surface area contributed by atoms with Crippen LogP contribution in [0.3, 0.4) is 0 Å². The predicted octanol–water partition coefficient (Wildman–Crippen LogP) is 1.29. The molecule has 152 valence electrons. The van der Waals surface area contributed by atoms with E-state index in [4.69, 9.17) is 11.1 Å². The van der Waals surface area contributed by atoms with Gasteiger partial charge in [0.1, 0.15) is 10.4 Å². The maximum Gasteiger partial charge on any atom is 0.238 e. The number of rotatable bonds is 5. The van der Waals surface area contributed by atoms with Crippen molar-refractivity contribution >= 4 is 33.5 Å². The molecule has 1 atom stereocenters. The van der Waals surface area contributed by atoms with Gasteiger partial charge in [-0.2, -0.15) is 4.31 Å². The van der Waals surface area contributed by atoms with E-state index >= 15 is 0 Å². The van der Waals surface area contributed by atoms with Gasteiger partial charge in [0.25, 0.3) is 0 Å². The minimum absolute atomic E-state index is 0.00648. The number of carbonyl (C=O) groups is 1. The van der Waals surface area contributed by atoms with Gasteiger partial charge in [-0.05, 0) is 11.6 Å². The van der Waals surface area contributed by atoms with Crippen molar-refractivity contribution in [3.8, 4) is 0 Å². The maximum absolute atomic E-state index is 13.1. The normalized spacial score (nSPS) is 19.9. The first-order valence-electron chi connectivity index (χ1n) is 9.12. The number of hydrogen-bond acceptors (Lipinski definition) is 6. The molecule has 1 amide bonds. The van der Waals surface area contributed by atoms with E-state index in [-0.39, 0.29) is 24.8 Å². The molecule has 1 fully saturated rings. The Balaban J connectivity index is 1.44. The summed E-state index contributed by atoms with van der Waals surface area (Å²) in [6.07, 6.45) is 1.67. The van der Waals surface area contributed by atoms with Crippen LogP contribution in [-0.4, -0.2) is 54.0 Å². The number of aromatic nitrogens is 1. The molecule has 0 radical (unpaired) electrons. The molecule has 0 aliphatic carbocycles. The van der Waals surface area contributed by atoms with Gasteiger partial charge in [-0.15, -0.1) is 11.8 Å². The second-order valence-electron chi connectivity index (χ2n) is 6.99. The Bertz CT molecular complexity index is 1060. The van der Waals surface area contributed by atoms with Crippen molar-refractivity contribution in [2.24, 2.45) is 5.73 Å². The van der Waals surface area contributed by atoms with Crippen LogP contribution >= 0.6 is 11.8 Å². The third-order valence-electron chi connectivity index (χ3n) is 5.10. The van der Waals surface area contributed by atoms with Crippen LogP contribution in [0.2, 0.25) is 0 Å². The van der Waals surface area contributed by atoms with Crippen LogP contribution < -0.4 is 5.73 Å². The number of benzene rings is 1. The molecular formula is C19H21N5O3S2. The molecule has 0 bridgehead atoms. The largest absolute Gasteiger partial charge is 0.384 e. The van der Waals surface area contributed by atoms with Gasteiger partial charge < -0.3 is 10.6 Å². The number of amides is 1. The number of sulfonamides is 1. The van der Waals surface area contributed by atoms with Gasteiger partial charge in [-0.3, -0.25) is 15.2 Å². The van der Waals surface area contributed by atoms with Gasteiger partial charge >= 0.3 is 0 Å². The topological polar surface area (TPSA) is 120 Å². The van der Waals surface area contributed by atoms with E-state index < -0.39 is 14.6 Å². The monoisotopic (exact) mass is 431 g/mol. The van der Waals surface area contributed by atoms with Crippen molar-refractivity contribution in [3.05, 3.63) is 65.0 Å². The molecule has 10 heteroatoms. The van der Waals surface area contributed by atoms with Gasteiger partial charge in [-0.1, -0.05) is 30.3 Å². The van der Waals surface area contributed by atoms with Crippen LogP contribution in [-0.2, 0) is 27.1 Å². The molecule has 3 heterocycles. The molecule has 3 N–H and O–H groups in total. The summed E-state index contributed by atoms with van der Waals surface area (Å²) in [4.78, 5) is 18.6. The Hall–Kier alpha value is -2.43. The number of hydrogen-bond donors (Lipinski definition) is 2. The van der Waals surface area contributed by atoms with Crippen LogP contribution in [0.5, 0.6) is 0 Å². The summed E-state index contributed by atoms with van der Waals surface area (Å²) in [5.74, 6) is 0.336. The Morgan fingerprint density at radius 1 is 1.24 bits per heavy atom. The van der Waals surface area contributed by atoms with Gasteiger partial charge in [0.2, 0.25) is 15.9 Å². The number of nitrogens with two attached hydrogens (primary N) is 1. The standard InChI is InChI=1S/C19H21N5O3S2/c20-18(21)14-5-3-13(4-6-14)10-23-8-9-24(11-17(23)25)29(26,27)19-15-2-1-7-22-16(15)12-28-19/h1-7,19H,8-12H2,(H3,20,21). The quantitative estimate of drug-likeness (QED) is 0.544. The summed E-state index contributed by atoms with van der Waals surface area (Å²) in [5.41, 5.74) is 8.51. The average Bonchev–Trinajstić information content (AvgIpc) is 3.15. The third kappa shape index (κ3) is 3.87. The van der Waals surface area contributed by atoms with Gasteiger partial charge in [0.05, 0.1) is 12.2 Å². The maximum atomic E-state index is 13.1. The van der Waals surface area contributed by atoms with Crippen molar-refractivity contribution in [1.29, 1.82) is 5.41 Å². The van der Waals surface area contributed by atoms with Crippen molar-refractivity contribution in [1.82, 2.24) is 14.2 Å². The highest BCUT2D eigenvalue weighted by Gasteiger charge is 2.41. The molecule has 1 unspecified atom stereocenters. The van der Waals surface area contributed by atoms with E-state index in [1.807, 2.05) is 12.1 Å². The molecular weight excluding hydrogens is 410 g/mol. The number of thioether (sulfide) groups is 1. The fourth-order valence-corrected chi connectivity index (χ4v) is 7.13. The number of amidine groups is 1. The highest BCUT2D eigenvalue weighted by Crippen LogP contribution is 2.45. The molecule has 1 aromatic carbocycles. The molecule has 4 rings (SSSR count). The highest BCUT2D eigenvalue weighted by molar-refractivity contribution is 8.11. The minimum atomic E-state index is -3.65. The molecule has 1 saturated heterocycles. The zero-order chi connectivity index (χ0) is 20.6. The second kappa shape index (κ2) is 7.77. The lowest BCUT2D eigenvalue weighted by molar-refractivity contribution is -0.134. The van der Waals surface area contributed by atoms with Crippen LogP contribution in [0, 0.1) is 5.41 Å². The number of nitrogens with zero attached hydrogens (tertiary/aromatic N) is 3. The fourth-order valence-electron chi connectivity index (χ4n) is 3.49. The number of pyridine rings is 1. The van der Waals surface area contributed by atoms with E-state index in [1.165, 1.54) is 16.1 Å². The number of nitrogens with one attached hydrogen (secondary N) is 1. The number of fused-ring (bicyclic) bond motifs is 1. The van der Waals surface area contributed by atoms with Gasteiger partial charge in [0, 0.05) is 42.7 Å². The zero-order valence-corrected chi connectivity index (χ0v) is 17.2. The lowest BCUT2D eigenvalue weighted by atomic mass is 10.1. The van der Waals surface area contributed by atoms with Crippen LogP contribution in [0.15, 0.2) is 42.6 Å². The number of nitrogen functional groups attached to an aromatic ring is 1. The lowest BCUT2D eigenvalue weighted by Gasteiger charge is -2.35. The van der Waals surface area contributed by atoms with Gasteiger partial charge in [0.15, 0.2) is 0 Å². The molecule has 8 nitrogen and oxygen atoms in total. The predicted molar refractivity (Wildman–Crippen MR) is 112 cm³/mol. The van der Waals surface area contributed by atoms with E-state index in [0.29, 0.717) is 24.4 Å². The smallest absolute Gasteiger partial charge is 0.238 e. The molecule has 2 aliphatic rings. The Morgan fingerprint density at radius 3 is 2.69 bits per heavy atom. The Kier molecular flexibility index (Phi) is 5.32. The first kappa shape index (κ1) is 19.9. The molecule has 2 aliphatic heterocycles. The number of carbonyl (C=O) groups excluding carboxylic acids is 1. The lowest BCUT2D eigenvalue weighted by Crippen LogP contribution is -2.52. The SMILES string of the molecule is N=C(N)c1ccc(CN2CCN(S(=O)(=O)C3SCc4ncccc43)CC2=O)cc1. The summed E-state index contributed by atoms with van der Waals surface area (Å²) in [6.45, 7) is 0.854. The fraction of sp³-hybridized carbons (Fsp3) is 0.316. The van der Waals surface area contributed by atoms with Crippen LogP contribution in [0.4, 0.5) is 0 Å². The van der Waals surface area contributed by atoms with Crippen LogP contribution in [0.1, 0.15) is 27.0 Å². The highest BCUT2D eigenvalue weighted by atomic mass is 32.3. The molecule has 29 heavy (non-hydrogen) atoms. The average molecular weight is 432 g/mol. The van der Waals surface area contributed by atoms with Crippen molar-refractivity contribution < 1.29 is 13.2 Å². The van der Waals surface area contributed by atoms with Crippen molar-refractivity contribution in [2.75, 3.05) is 19.6 Å². The second-order valence-corrected chi connectivity index (χ2v) is 10.4. The summed E-state index contributed by atoms with van der Waals surface area (Å²) in [7, 11) is -3.65. The van der Waals surface area contributed by atoms with E-state index in [9.17, 15) is 13.2 Å². The van der Waals surface area contributed by atoms with E-state index in [0.717, 1.165) is 16.8 Å². The molecule has 2 aromatic rings. The zero-order valence-electron chi connectivity index (χ0n) is 15.6. The van der Waals surface area contributed by atoms with Crippen molar-refractivity contribution in [2.45, 2.75) is 16.9 Å². The minimum Gasteiger partial charge on any atom is -0.384 e. The summed E-state index contributed by atoms with van der Waals surface area (Å²) < 4.78 is 26.9. The first-order valence-corrected chi connectivity index (χ1v) is 11.7. The first-order chi connectivity index (χ1) is 13.9. The van der Waals surface area contributed by atoms with E-state index in [1.54, 1.807) is 35.4 Å². The van der Waals surface area contributed by atoms with Gasteiger partial charge in [-0.25, -0.2) is 8.42 Å². The third-order valence-corrected chi connectivity index (χ3v) is 9.06. The Morgan fingerprint density at radius 2 is 2.00 bits per heavy atom. The van der Waals surface area contributed by atoms with Crippen LogP contribution in [0.25, 0.3) is 0 Å². The Labute approximate surface area is 173 Å². The summed E-state index contributed by atoms with van der Waals surface area (Å²) >= 11 is 1.34. The molecule has 0 spiro atoms. The number of piperazine rings is 1. The van der Waals surface area contributed by atoms with Crippen molar-refractivity contribution in [3.63, 3.8) is 0 Å². The molecule has 0 saturated carbocycles. The summed E-state index contributed by atoms with van der Waals surface area (Å²) in [6, 6.07) is 10.7. The van der Waals surface area contributed by atoms with E-state index in [2.05, 4.69) is 4.98 Å². The molecule has 1 aromatic heterocycles. The summed E-state index contributed by atoms with van der Waals surface area (Å²) in [5, 5.41) is 7.43.